The third kappa shape index (κ3) is 4.47. The molecule has 6 heteroatoms. The third-order valence-electron chi connectivity index (χ3n) is 5.76. The number of hydrogen-bond donors (Lipinski definition) is 0. The Morgan fingerprint density at radius 1 is 1.00 bits per heavy atom. The molecule has 0 atom stereocenters. The fourth-order valence-electron chi connectivity index (χ4n) is 3.87. The number of nitrogens with zero attached hydrogens (tertiary/aromatic N) is 3. The Hall–Kier alpha value is -1.82. The summed E-state index contributed by atoms with van der Waals surface area (Å²) in [4.78, 5) is 31.3. The number of carbonyl (C=O) groups excluding carboxylic acids is 2. The number of likely N-dealkylation sites (tertiary alicyclic amines) is 1. The van der Waals surface area contributed by atoms with Gasteiger partial charge in [0.05, 0.1) is 0 Å². The van der Waals surface area contributed by atoms with Crippen LogP contribution in [0.5, 0.6) is 0 Å². The van der Waals surface area contributed by atoms with Crippen LogP contribution in [0.4, 0.5) is 0 Å². The summed E-state index contributed by atoms with van der Waals surface area (Å²) in [7, 11) is 0. The standard InChI is InChI=1S/C20H31N3O3/c1-3-17-5-6-18(26-17)20(25)23-9-7-16(8-10-23)15-19(24)22-13-11-21(4-2)12-14-22/h5-6,16H,3-4,7-15H2,1-2H3. The molecular formula is C20H31N3O3. The molecule has 144 valence electrons. The van der Waals surface area contributed by atoms with Gasteiger partial charge in [-0.25, -0.2) is 0 Å². The molecule has 1 aromatic heterocycles. The van der Waals surface area contributed by atoms with Crippen LogP contribution >= 0.6 is 0 Å². The molecule has 0 spiro atoms. The van der Waals surface area contributed by atoms with Crippen molar-refractivity contribution in [2.24, 2.45) is 5.92 Å². The minimum atomic E-state index is -0.0230. The van der Waals surface area contributed by atoms with Gasteiger partial charge in [0.2, 0.25) is 5.91 Å². The first-order valence-corrected chi connectivity index (χ1v) is 9.98. The number of rotatable bonds is 5. The van der Waals surface area contributed by atoms with E-state index in [1.54, 1.807) is 6.07 Å². The van der Waals surface area contributed by atoms with E-state index in [9.17, 15) is 9.59 Å². The molecule has 0 aliphatic carbocycles. The predicted octanol–water partition coefficient (Wildman–Crippen LogP) is 2.25. The number of aryl methyl sites for hydroxylation is 1. The van der Waals surface area contributed by atoms with Crippen LogP contribution < -0.4 is 0 Å². The molecule has 3 rings (SSSR count). The van der Waals surface area contributed by atoms with Gasteiger partial charge in [-0.2, -0.15) is 0 Å². The van der Waals surface area contributed by atoms with Gasteiger partial charge in [-0.1, -0.05) is 13.8 Å². The topological polar surface area (TPSA) is 57.0 Å². The second-order valence-electron chi connectivity index (χ2n) is 7.37. The van der Waals surface area contributed by atoms with Crippen LogP contribution in [-0.4, -0.2) is 72.3 Å². The average Bonchev–Trinajstić information content (AvgIpc) is 3.17. The van der Waals surface area contributed by atoms with Gasteiger partial charge in [-0.15, -0.1) is 0 Å². The maximum absolute atomic E-state index is 12.5. The van der Waals surface area contributed by atoms with Gasteiger partial charge in [0.25, 0.3) is 5.91 Å². The Balaban J connectivity index is 1.43. The lowest BCUT2D eigenvalue weighted by Crippen LogP contribution is -2.49. The first-order chi connectivity index (χ1) is 12.6. The van der Waals surface area contributed by atoms with Gasteiger partial charge in [-0.3, -0.25) is 9.59 Å². The molecule has 2 fully saturated rings. The zero-order chi connectivity index (χ0) is 18.5. The van der Waals surface area contributed by atoms with E-state index >= 15 is 0 Å². The van der Waals surface area contributed by atoms with Crippen molar-refractivity contribution in [2.75, 3.05) is 45.8 Å². The third-order valence-corrected chi connectivity index (χ3v) is 5.76. The van der Waals surface area contributed by atoms with E-state index in [1.165, 1.54) is 0 Å². The van der Waals surface area contributed by atoms with Gasteiger partial charge in [0.15, 0.2) is 5.76 Å². The van der Waals surface area contributed by atoms with Crippen molar-refractivity contribution in [3.8, 4) is 0 Å². The lowest BCUT2D eigenvalue weighted by molar-refractivity contribution is -0.134. The minimum Gasteiger partial charge on any atom is -0.456 e. The van der Waals surface area contributed by atoms with Crippen molar-refractivity contribution in [1.82, 2.24) is 14.7 Å². The van der Waals surface area contributed by atoms with Crippen molar-refractivity contribution in [3.63, 3.8) is 0 Å². The first-order valence-electron chi connectivity index (χ1n) is 9.98. The highest BCUT2D eigenvalue weighted by Crippen LogP contribution is 2.23. The quantitative estimate of drug-likeness (QED) is 0.807. The maximum atomic E-state index is 12.5. The minimum absolute atomic E-state index is 0.0230. The second-order valence-corrected chi connectivity index (χ2v) is 7.37. The largest absolute Gasteiger partial charge is 0.456 e. The molecule has 0 N–H and O–H groups in total. The molecule has 0 saturated carbocycles. The second kappa shape index (κ2) is 8.71. The van der Waals surface area contributed by atoms with Crippen LogP contribution in [0.15, 0.2) is 16.5 Å². The van der Waals surface area contributed by atoms with Crippen LogP contribution in [0.25, 0.3) is 0 Å². The zero-order valence-electron chi connectivity index (χ0n) is 16.1. The van der Waals surface area contributed by atoms with Crippen molar-refractivity contribution in [2.45, 2.75) is 39.5 Å². The lowest BCUT2D eigenvalue weighted by atomic mass is 9.92. The Morgan fingerprint density at radius 2 is 1.69 bits per heavy atom. The van der Waals surface area contributed by atoms with Gasteiger partial charge in [0.1, 0.15) is 5.76 Å². The smallest absolute Gasteiger partial charge is 0.289 e. The summed E-state index contributed by atoms with van der Waals surface area (Å²) in [6.45, 7) is 10.3. The van der Waals surface area contributed by atoms with Crippen LogP contribution in [0, 0.1) is 5.92 Å². The predicted molar refractivity (Wildman–Crippen MR) is 100 cm³/mol. The molecule has 3 heterocycles. The number of piperazine rings is 1. The van der Waals surface area contributed by atoms with Crippen molar-refractivity contribution in [1.29, 1.82) is 0 Å². The number of piperidine rings is 1. The number of carbonyl (C=O) groups is 2. The fourth-order valence-corrected chi connectivity index (χ4v) is 3.87. The molecule has 6 nitrogen and oxygen atoms in total. The van der Waals surface area contributed by atoms with Crippen LogP contribution in [0.2, 0.25) is 0 Å². The SMILES string of the molecule is CCc1ccc(C(=O)N2CCC(CC(=O)N3CCN(CC)CC3)CC2)o1. The van der Waals surface area contributed by atoms with Gasteiger partial charge in [0, 0.05) is 52.1 Å². The van der Waals surface area contributed by atoms with Gasteiger partial charge in [-0.05, 0) is 37.4 Å². The highest BCUT2D eigenvalue weighted by molar-refractivity contribution is 5.91. The van der Waals surface area contributed by atoms with Crippen molar-refractivity contribution in [3.05, 3.63) is 23.7 Å². The molecule has 0 bridgehead atoms. The molecule has 2 saturated heterocycles. The summed E-state index contributed by atoms with van der Waals surface area (Å²) >= 11 is 0. The molecule has 2 aliphatic heterocycles. The van der Waals surface area contributed by atoms with Crippen LogP contribution in [0.3, 0.4) is 0 Å². The first kappa shape index (κ1) is 19.0. The Morgan fingerprint density at radius 3 is 2.27 bits per heavy atom. The molecule has 1 aromatic rings. The molecule has 0 unspecified atom stereocenters. The van der Waals surface area contributed by atoms with E-state index in [1.807, 2.05) is 22.8 Å². The number of likely N-dealkylation sites (N-methyl/N-ethyl adjacent to an activating group) is 1. The molecule has 26 heavy (non-hydrogen) atoms. The Kier molecular flexibility index (Phi) is 6.35. The monoisotopic (exact) mass is 361 g/mol. The molecule has 0 radical (unpaired) electrons. The van der Waals surface area contributed by atoms with E-state index in [-0.39, 0.29) is 11.8 Å². The molecular weight excluding hydrogens is 330 g/mol. The zero-order valence-corrected chi connectivity index (χ0v) is 16.1. The highest BCUT2D eigenvalue weighted by atomic mass is 16.4. The summed E-state index contributed by atoms with van der Waals surface area (Å²) in [5, 5.41) is 0. The fraction of sp³-hybridized carbons (Fsp3) is 0.700. The highest BCUT2D eigenvalue weighted by Gasteiger charge is 2.28. The maximum Gasteiger partial charge on any atom is 0.289 e. The number of hydrogen-bond acceptors (Lipinski definition) is 4. The molecule has 2 aliphatic rings. The Bertz CT molecular complexity index is 612. The summed E-state index contributed by atoms with van der Waals surface area (Å²) in [6, 6.07) is 3.64. The van der Waals surface area contributed by atoms with E-state index in [0.717, 1.165) is 57.7 Å². The molecule has 0 aromatic carbocycles. The normalized spacial score (nSPS) is 19.8. The summed E-state index contributed by atoms with van der Waals surface area (Å²) in [5.41, 5.74) is 0. The summed E-state index contributed by atoms with van der Waals surface area (Å²) in [6.07, 6.45) is 3.21. The van der Waals surface area contributed by atoms with E-state index in [4.69, 9.17) is 4.42 Å². The van der Waals surface area contributed by atoms with Crippen LogP contribution in [-0.2, 0) is 11.2 Å². The van der Waals surface area contributed by atoms with E-state index in [0.29, 0.717) is 31.2 Å². The Labute approximate surface area is 156 Å². The number of furan rings is 1. The van der Waals surface area contributed by atoms with Crippen molar-refractivity contribution < 1.29 is 14.0 Å². The van der Waals surface area contributed by atoms with E-state index < -0.39 is 0 Å². The van der Waals surface area contributed by atoms with Gasteiger partial charge < -0.3 is 19.1 Å². The lowest BCUT2D eigenvalue weighted by Gasteiger charge is -2.36. The number of amides is 2. The van der Waals surface area contributed by atoms with E-state index in [2.05, 4.69) is 11.8 Å². The molecule has 2 amide bonds. The average molecular weight is 361 g/mol. The summed E-state index contributed by atoms with van der Waals surface area (Å²) in [5.74, 6) is 1.93. The van der Waals surface area contributed by atoms with Crippen molar-refractivity contribution >= 4 is 11.8 Å². The van der Waals surface area contributed by atoms with Gasteiger partial charge >= 0.3 is 0 Å². The summed E-state index contributed by atoms with van der Waals surface area (Å²) < 4.78 is 5.58. The van der Waals surface area contributed by atoms with Crippen LogP contribution in [0.1, 0.15) is 49.4 Å².